The lowest BCUT2D eigenvalue weighted by Crippen LogP contribution is -2.43. The standard InChI is InChI=1S/C13H22BrNO2/c1-8(16)10-9(13(5,6)14)7-15(11(10)17)12(2,3)4/h9-10H,7H2,1-6H3. The third-order valence-electron chi connectivity index (χ3n) is 3.44. The average molecular weight is 304 g/mol. The molecule has 1 saturated heterocycles. The summed E-state index contributed by atoms with van der Waals surface area (Å²) >= 11 is 3.60. The molecule has 1 fully saturated rings. The molecule has 2 unspecified atom stereocenters. The van der Waals surface area contributed by atoms with E-state index in [1.807, 2.05) is 39.5 Å². The summed E-state index contributed by atoms with van der Waals surface area (Å²) in [7, 11) is 0. The quantitative estimate of drug-likeness (QED) is 0.581. The normalized spacial score (nSPS) is 26.5. The van der Waals surface area contributed by atoms with Crippen LogP contribution in [0.2, 0.25) is 0 Å². The molecule has 0 aliphatic carbocycles. The maximum atomic E-state index is 12.3. The van der Waals surface area contributed by atoms with Crippen LogP contribution in [0.15, 0.2) is 0 Å². The van der Waals surface area contributed by atoms with E-state index in [9.17, 15) is 9.59 Å². The van der Waals surface area contributed by atoms with E-state index in [-0.39, 0.29) is 27.5 Å². The summed E-state index contributed by atoms with van der Waals surface area (Å²) < 4.78 is -0.209. The maximum Gasteiger partial charge on any atom is 0.233 e. The predicted octanol–water partition coefficient (Wildman–Crippen LogP) is 2.62. The highest BCUT2D eigenvalue weighted by atomic mass is 79.9. The molecule has 4 heteroatoms. The molecule has 17 heavy (non-hydrogen) atoms. The minimum absolute atomic E-state index is 0.0254. The van der Waals surface area contributed by atoms with Gasteiger partial charge in [0, 0.05) is 22.3 Å². The van der Waals surface area contributed by atoms with Gasteiger partial charge in [0.15, 0.2) is 0 Å². The molecule has 1 amide bonds. The van der Waals surface area contributed by atoms with Crippen LogP contribution in [0.5, 0.6) is 0 Å². The average Bonchev–Trinajstić information content (AvgIpc) is 2.40. The van der Waals surface area contributed by atoms with Crippen molar-refractivity contribution in [3.8, 4) is 0 Å². The first-order chi connectivity index (χ1) is 7.46. The van der Waals surface area contributed by atoms with Crippen molar-refractivity contribution in [3.05, 3.63) is 0 Å². The van der Waals surface area contributed by atoms with E-state index < -0.39 is 5.92 Å². The van der Waals surface area contributed by atoms with E-state index >= 15 is 0 Å². The SMILES string of the molecule is CC(=O)C1C(=O)N(C(C)(C)C)CC1C(C)(C)Br. The second-order valence-corrected chi connectivity index (χ2v) is 8.42. The number of amides is 1. The predicted molar refractivity (Wildman–Crippen MR) is 72.1 cm³/mol. The number of likely N-dealkylation sites (tertiary alicyclic amines) is 1. The van der Waals surface area contributed by atoms with Gasteiger partial charge in [-0.3, -0.25) is 9.59 Å². The monoisotopic (exact) mass is 303 g/mol. The van der Waals surface area contributed by atoms with Crippen molar-refractivity contribution < 1.29 is 9.59 Å². The van der Waals surface area contributed by atoms with Crippen LogP contribution in [-0.4, -0.2) is 33.0 Å². The molecule has 0 saturated carbocycles. The van der Waals surface area contributed by atoms with Crippen molar-refractivity contribution in [1.29, 1.82) is 0 Å². The van der Waals surface area contributed by atoms with Crippen LogP contribution in [0.3, 0.4) is 0 Å². The number of rotatable bonds is 2. The number of hydrogen-bond acceptors (Lipinski definition) is 2. The first-order valence-corrected chi connectivity index (χ1v) is 6.76. The number of nitrogens with zero attached hydrogens (tertiary/aromatic N) is 1. The molecule has 0 radical (unpaired) electrons. The number of carbonyl (C=O) groups excluding carboxylic acids is 2. The van der Waals surface area contributed by atoms with Crippen molar-refractivity contribution in [2.24, 2.45) is 11.8 Å². The van der Waals surface area contributed by atoms with Crippen LogP contribution in [0.1, 0.15) is 41.5 Å². The van der Waals surface area contributed by atoms with E-state index in [0.29, 0.717) is 6.54 Å². The topological polar surface area (TPSA) is 37.4 Å². The van der Waals surface area contributed by atoms with Crippen molar-refractivity contribution in [1.82, 2.24) is 4.90 Å². The van der Waals surface area contributed by atoms with E-state index in [0.717, 1.165) is 0 Å². The number of ketones is 1. The third-order valence-corrected chi connectivity index (χ3v) is 4.03. The molecular weight excluding hydrogens is 282 g/mol. The molecule has 0 aromatic carbocycles. The molecule has 1 heterocycles. The molecule has 1 aliphatic rings. The lowest BCUT2D eigenvalue weighted by molar-refractivity contribution is -0.139. The molecule has 0 aromatic rings. The molecule has 1 rings (SSSR count). The van der Waals surface area contributed by atoms with E-state index in [4.69, 9.17) is 0 Å². The Morgan fingerprint density at radius 3 is 2.00 bits per heavy atom. The highest BCUT2D eigenvalue weighted by molar-refractivity contribution is 9.10. The van der Waals surface area contributed by atoms with Gasteiger partial charge in [0.25, 0.3) is 0 Å². The first kappa shape index (κ1) is 14.7. The summed E-state index contributed by atoms with van der Waals surface area (Å²) in [5.74, 6) is -0.517. The maximum absolute atomic E-state index is 12.3. The Balaban J connectivity index is 3.11. The van der Waals surface area contributed by atoms with Gasteiger partial charge >= 0.3 is 0 Å². The largest absolute Gasteiger partial charge is 0.337 e. The van der Waals surface area contributed by atoms with Crippen molar-refractivity contribution in [2.75, 3.05) is 6.54 Å². The van der Waals surface area contributed by atoms with Gasteiger partial charge < -0.3 is 4.90 Å². The Morgan fingerprint density at radius 1 is 1.29 bits per heavy atom. The van der Waals surface area contributed by atoms with Gasteiger partial charge in [0.2, 0.25) is 5.91 Å². The van der Waals surface area contributed by atoms with Gasteiger partial charge in [-0.15, -0.1) is 0 Å². The summed E-state index contributed by atoms with van der Waals surface area (Å²) in [6.07, 6.45) is 0. The zero-order valence-electron chi connectivity index (χ0n) is 11.5. The fourth-order valence-corrected chi connectivity index (χ4v) is 2.82. The number of carbonyl (C=O) groups is 2. The van der Waals surface area contributed by atoms with Crippen molar-refractivity contribution >= 4 is 27.6 Å². The van der Waals surface area contributed by atoms with Crippen molar-refractivity contribution in [3.63, 3.8) is 0 Å². The van der Waals surface area contributed by atoms with Crippen LogP contribution in [0, 0.1) is 11.8 Å². The van der Waals surface area contributed by atoms with Crippen LogP contribution >= 0.6 is 15.9 Å². The van der Waals surface area contributed by atoms with E-state index in [1.54, 1.807) is 0 Å². The molecular formula is C13H22BrNO2. The molecule has 2 atom stereocenters. The highest BCUT2D eigenvalue weighted by Gasteiger charge is 2.51. The van der Waals surface area contributed by atoms with Gasteiger partial charge in [0.05, 0.1) is 0 Å². The van der Waals surface area contributed by atoms with Crippen LogP contribution in [-0.2, 0) is 9.59 Å². The Morgan fingerprint density at radius 2 is 1.76 bits per heavy atom. The third kappa shape index (κ3) is 2.90. The molecule has 3 nitrogen and oxygen atoms in total. The summed E-state index contributed by atoms with van der Waals surface area (Å²) in [5, 5.41) is 0. The summed E-state index contributed by atoms with van der Waals surface area (Å²) in [4.78, 5) is 25.9. The Bertz CT molecular complexity index is 338. The second-order valence-electron chi connectivity index (χ2n) is 6.38. The number of Topliss-reactive ketones (excluding diaryl/α,β-unsaturated/α-hetero) is 1. The molecule has 0 aromatic heterocycles. The van der Waals surface area contributed by atoms with Gasteiger partial charge in [-0.2, -0.15) is 0 Å². The fourth-order valence-electron chi connectivity index (χ4n) is 2.41. The Hall–Kier alpha value is -0.380. The van der Waals surface area contributed by atoms with Crippen molar-refractivity contribution in [2.45, 2.75) is 51.4 Å². The Labute approximate surface area is 112 Å². The molecule has 0 spiro atoms. The van der Waals surface area contributed by atoms with Crippen LogP contribution in [0.25, 0.3) is 0 Å². The summed E-state index contributed by atoms with van der Waals surface area (Å²) in [5.41, 5.74) is -0.224. The first-order valence-electron chi connectivity index (χ1n) is 5.97. The summed E-state index contributed by atoms with van der Waals surface area (Å²) in [6, 6.07) is 0. The lowest BCUT2D eigenvalue weighted by atomic mass is 9.83. The van der Waals surface area contributed by atoms with E-state index in [1.165, 1.54) is 6.92 Å². The zero-order valence-corrected chi connectivity index (χ0v) is 13.1. The summed E-state index contributed by atoms with van der Waals surface area (Å²) in [6.45, 7) is 12.2. The highest BCUT2D eigenvalue weighted by Crippen LogP contribution is 2.41. The molecule has 98 valence electrons. The Kier molecular flexibility index (Phi) is 3.78. The molecule has 0 bridgehead atoms. The molecule has 0 N–H and O–H groups in total. The van der Waals surface area contributed by atoms with Gasteiger partial charge in [0.1, 0.15) is 11.7 Å². The van der Waals surface area contributed by atoms with Gasteiger partial charge in [-0.1, -0.05) is 15.9 Å². The van der Waals surface area contributed by atoms with Crippen LogP contribution < -0.4 is 0 Å². The second kappa shape index (κ2) is 4.38. The van der Waals surface area contributed by atoms with E-state index in [2.05, 4.69) is 15.9 Å². The minimum Gasteiger partial charge on any atom is -0.337 e. The van der Waals surface area contributed by atoms with Crippen LogP contribution in [0.4, 0.5) is 0 Å². The van der Waals surface area contributed by atoms with Gasteiger partial charge in [-0.05, 0) is 41.5 Å². The number of alkyl halides is 1. The zero-order chi connectivity index (χ0) is 13.6. The number of hydrogen-bond donors (Lipinski definition) is 0. The molecule has 1 aliphatic heterocycles. The number of halogens is 1. The smallest absolute Gasteiger partial charge is 0.233 e. The minimum atomic E-state index is -0.497. The van der Waals surface area contributed by atoms with Gasteiger partial charge in [-0.25, -0.2) is 0 Å². The lowest BCUT2D eigenvalue weighted by Gasteiger charge is -2.33. The fraction of sp³-hybridized carbons (Fsp3) is 0.846.